The fourth-order valence-electron chi connectivity index (χ4n) is 1.66. The standard InChI is InChI=1S/C14H22IN/c1-4-12(2)8-9-16(11-15)14-7-5-6-13(3)10-14/h5-7,10,12H,4,8-9,11H2,1-3H3. The van der Waals surface area contributed by atoms with Crippen LogP contribution in [0.2, 0.25) is 0 Å². The maximum atomic E-state index is 2.46. The fourth-order valence-corrected chi connectivity index (χ4v) is 2.40. The minimum atomic E-state index is 0.829. The van der Waals surface area contributed by atoms with Crippen molar-refractivity contribution in [3.8, 4) is 0 Å². The van der Waals surface area contributed by atoms with Gasteiger partial charge in [0, 0.05) is 12.2 Å². The van der Waals surface area contributed by atoms with Crippen LogP contribution in [0.15, 0.2) is 24.3 Å². The monoisotopic (exact) mass is 331 g/mol. The first-order valence-electron chi connectivity index (χ1n) is 6.05. The van der Waals surface area contributed by atoms with Crippen molar-refractivity contribution in [1.82, 2.24) is 0 Å². The van der Waals surface area contributed by atoms with Gasteiger partial charge in [-0.1, -0.05) is 55.0 Å². The summed E-state index contributed by atoms with van der Waals surface area (Å²) in [7, 11) is 0. The van der Waals surface area contributed by atoms with Crippen LogP contribution in [0.3, 0.4) is 0 Å². The SMILES string of the molecule is CCC(C)CCN(CI)c1cccc(C)c1. The van der Waals surface area contributed by atoms with Gasteiger partial charge >= 0.3 is 0 Å². The zero-order chi connectivity index (χ0) is 12.0. The highest BCUT2D eigenvalue weighted by Gasteiger charge is 2.06. The van der Waals surface area contributed by atoms with E-state index in [0.29, 0.717) is 0 Å². The molecule has 0 N–H and O–H groups in total. The van der Waals surface area contributed by atoms with Gasteiger partial charge in [0.1, 0.15) is 0 Å². The van der Waals surface area contributed by atoms with Gasteiger partial charge in [0.15, 0.2) is 0 Å². The molecule has 0 aliphatic rings. The molecule has 1 aromatic rings. The third kappa shape index (κ3) is 4.32. The third-order valence-electron chi connectivity index (χ3n) is 3.10. The number of hydrogen-bond donors (Lipinski definition) is 0. The van der Waals surface area contributed by atoms with Crippen molar-refractivity contribution in [2.45, 2.75) is 33.6 Å². The van der Waals surface area contributed by atoms with Crippen molar-refractivity contribution < 1.29 is 0 Å². The normalized spacial score (nSPS) is 12.5. The maximum Gasteiger partial charge on any atom is 0.0699 e. The summed E-state index contributed by atoms with van der Waals surface area (Å²) in [5.41, 5.74) is 2.70. The predicted molar refractivity (Wildman–Crippen MR) is 81.5 cm³/mol. The lowest BCUT2D eigenvalue weighted by atomic mass is 10.1. The molecule has 0 saturated carbocycles. The van der Waals surface area contributed by atoms with E-state index in [1.165, 1.54) is 30.6 Å². The van der Waals surface area contributed by atoms with E-state index < -0.39 is 0 Å². The second kappa shape index (κ2) is 7.15. The van der Waals surface area contributed by atoms with Gasteiger partial charge in [-0.05, 0) is 37.0 Å². The quantitative estimate of drug-likeness (QED) is 0.417. The van der Waals surface area contributed by atoms with Crippen molar-refractivity contribution in [3.63, 3.8) is 0 Å². The molecule has 0 heterocycles. The first kappa shape index (κ1) is 13.8. The summed E-state index contributed by atoms with van der Waals surface area (Å²) in [6, 6.07) is 8.79. The molecule has 0 bridgehead atoms. The molecule has 16 heavy (non-hydrogen) atoms. The van der Waals surface area contributed by atoms with Gasteiger partial charge in [-0.2, -0.15) is 0 Å². The summed E-state index contributed by atoms with van der Waals surface area (Å²) in [5.74, 6) is 0.829. The number of aryl methyl sites for hydroxylation is 1. The number of nitrogens with zero attached hydrogens (tertiary/aromatic N) is 1. The van der Waals surface area contributed by atoms with E-state index in [1.54, 1.807) is 0 Å². The lowest BCUT2D eigenvalue weighted by molar-refractivity contribution is 0.517. The molecule has 1 nitrogen and oxygen atoms in total. The number of rotatable bonds is 6. The first-order chi connectivity index (χ1) is 7.67. The highest BCUT2D eigenvalue weighted by Crippen LogP contribution is 2.19. The van der Waals surface area contributed by atoms with E-state index in [2.05, 4.69) is 72.5 Å². The van der Waals surface area contributed by atoms with Gasteiger partial charge in [-0.3, -0.25) is 0 Å². The predicted octanol–water partition coefficient (Wildman–Crippen LogP) is 4.63. The molecule has 2 heteroatoms. The van der Waals surface area contributed by atoms with Crippen molar-refractivity contribution >= 4 is 28.3 Å². The third-order valence-corrected chi connectivity index (χ3v) is 3.92. The molecular weight excluding hydrogens is 309 g/mol. The lowest BCUT2D eigenvalue weighted by Gasteiger charge is -2.24. The van der Waals surface area contributed by atoms with Crippen LogP contribution in [0.5, 0.6) is 0 Å². The van der Waals surface area contributed by atoms with E-state index in [0.717, 1.165) is 10.5 Å². The van der Waals surface area contributed by atoms with Crippen molar-refractivity contribution in [3.05, 3.63) is 29.8 Å². The second-order valence-electron chi connectivity index (χ2n) is 4.52. The van der Waals surface area contributed by atoms with Gasteiger partial charge in [-0.25, -0.2) is 0 Å². The molecule has 1 unspecified atom stereocenters. The molecular formula is C14H22IN. The Kier molecular flexibility index (Phi) is 6.17. The van der Waals surface area contributed by atoms with Crippen molar-refractivity contribution in [2.24, 2.45) is 5.92 Å². The zero-order valence-corrected chi connectivity index (χ0v) is 12.7. The van der Waals surface area contributed by atoms with E-state index in [4.69, 9.17) is 0 Å². The smallest absolute Gasteiger partial charge is 0.0699 e. The summed E-state index contributed by atoms with van der Waals surface area (Å²) in [5, 5.41) is 0. The fraction of sp³-hybridized carbons (Fsp3) is 0.571. The van der Waals surface area contributed by atoms with Crippen LogP contribution in [0.1, 0.15) is 32.3 Å². The molecule has 0 aromatic heterocycles. The van der Waals surface area contributed by atoms with Crippen LogP contribution in [0.4, 0.5) is 5.69 Å². The van der Waals surface area contributed by atoms with E-state index in [1.807, 2.05) is 0 Å². The zero-order valence-electron chi connectivity index (χ0n) is 10.5. The second-order valence-corrected chi connectivity index (χ2v) is 5.21. The minimum absolute atomic E-state index is 0.829. The molecule has 1 aromatic carbocycles. The number of halogens is 1. The van der Waals surface area contributed by atoms with E-state index in [-0.39, 0.29) is 0 Å². The molecule has 0 spiro atoms. The Hall–Kier alpha value is -0.250. The van der Waals surface area contributed by atoms with Crippen LogP contribution in [-0.2, 0) is 0 Å². The molecule has 0 amide bonds. The van der Waals surface area contributed by atoms with E-state index in [9.17, 15) is 0 Å². The number of benzene rings is 1. The van der Waals surface area contributed by atoms with Crippen LogP contribution in [0, 0.1) is 12.8 Å². The Morgan fingerprint density at radius 1 is 1.38 bits per heavy atom. The largest absolute Gasteiger partial charge is 0.362 e. The summed E-state index contributed by atoms with van der Waals surface area (Å²) in [6.07, 6.45) is 2.57. The molecule has 0 aliphatic carbocycles. The summed E-state index contributed by atoms with van der Waals surface area (Å²) in [6.45, 7) is 7.93. The highest BCUT2D eigenvalue weighted by molar-refractivity contribution is 14.1. The van der Waals surface area contributed by atoms with Gasteiger partial charge in [0.2, 0.25) is 0 Å². The van der Waals surface area contributed by atoms with Crippen LogP contribution in [-0.4, -0.2) is 11.1 Å². The Bertz CT molecular complexity index is 311. The first-order valence-corrected chi connectivity index (χ1v) is 7.57. The molecule has 1 atom stereocenters. The minimum Gasteiger partial charge on any atom is -0.362 e. The Morgan fingerprint density at radius 3 is 2.69 bits per heavy atom. The van der Waals surface area contributed by atoms with Crippen molar-refractivity contribution in [1.29, 1.82) is 0 Å². The van der Waals surface area contributed by atoms with Gasteiger partial charge < -0.3 is 4.90 Å². The summed E-state index contributed by atoms with van der Waals surface area (Å²) in [4.78, 5) is 2.46. The summed E-state index contributed by atoms with van der Waals surface area (Å²) >= 11 is 2.45. The lowest BCUT2D eigenvalue weighted by Crippen LogP contribution is -2.23. The van der Waals surface area contributed by atoms with Gasteiger partial charge in [-0.15, -0.1) is 0 Å². The Morgan fingerprint density at radius 2 is 2.12 bits per heavy atom. The van der Waals surface area contributed by atoms with Crippen LogP contribution in [0.25, 0.3) is 0 Å². The van der Waals surface area contributed by atoms with E-state index >= 15 is 0 Å². The number of hydrogen-bond acceptors (Lipinski definition) is 1. The van der Waals surface area contributed by atoms with Crippen molar-refractivity contribution in [2.75, 3.05) is 16.0 Å². The molecule has 0 saturated heterocycles. The number of alkyl halides is 1. The average Bonchev–Trinajstić information content (AvgIpc) is 2.29. The molecule has 0 aliphatic heterocycles. The van der Waals surface area contributed by atoms with Gasteiger partial charge in [0.25, 0.3) is 0 Å². The Balaban J connectivity index is 2.60. The molecule has 0 fully saturated rings. The maximum absolute atomic E-state index is 2.46. The molecule has 90 valence electrons. The van der Waals surface area contributed by atoms with Crippen LogP contribution >= 0.6 is 22.6 Å². The Labute approximate surface area is 113 Å². The van der Waals surface area contributed by atoms with Gasteiger partial charge in [0.05, 0.1) is 4.55 Å². The summed E-state index contributed by atoms with van der Waals surface area (Å²) < 4.78 is 1.07. The highest BCUT2D eigenvalue weighted by atomic mass is 127. The molecule has 0 radical (unpaired) electrons. The number of anilines is 1. The average molecular weight is 331 g/mol. The molecule has 1 rings (SSSR count). The van der Waals surface area contributed by atoms with Crippen LogP contribution < -0.4 is 4.90 Å². The topological polar surface area (TPSA) is 3.24 Å².